The van der Waals surface area contributed by atoms with Crippen LogP contribution >= 0.6 is 11.8 Å². The molecule has 14 heavy (non-hydrogen) atoms. The van der Waals surface area contributed by atoms with Crippen molar-refractivity contribution in [3.8, 4) is 0 Å². The first-order valence-electron chi connectivity index (χ1n) is 4.28. The molecule has 0 saturated carbocycles. The molecule has 74 valence electrons. The van der Waals surface area contributed by atoms with Gasteiger partial charge in [-0.1, -0.05) is 0 Å². The summed E-state index contributed by atoms with van der Waals surface area (Å²) in [6.07, 6.45) is 0.405. The zero-order valence-electron chi connectivity index (χ0n) is 7.35. The average Bonchev–Trinajstić information content (AvgIpc) is 2.35. The number of halogens is 2. The second kappa shape index (κ2) is 3.69. The van der Waals surface area contributed by atoms with Crippen molar-refractivity contribution in [1.82, 2.24) is 0 Å². The molecule has 2 rings (SSSR count). The summed E-state index contributed by atoms with van der Waals surface area (Å²) in [5.41, 5.74) is 0.561. The van der Waals surface area contributed by atoms with Gasteiger partial charge >= 0.3 is 0 Å². The topological polar surface area (TPSA) is 17.1 Å². The van der Waals surface area contributed by atoms with E-state index in [-0.39, 0.29) is 11.3 Å². The van der Waals surface area contributed by atoms with E-state index in [9.17, 15) is 13.6 Å². The fourth-order valence-electron chi connectivity index (χ4n) is 1.47. The number of carbonyl (C=O) groups excluding carboxylic acids is 1. The maximum atomic E-state index is 13.3. The van der Waals surface area contributed by atoms with Crippen molar-refractivity contribution in [2.75, 3.05) is 5.75 Å². The number of thioether (sulfide) groups is 1. The van der Waals surface area contributed by atoms with Crippen molar-refractivity contribution < 1.29 is 13.6 Å². The van der Waals surface area contributed by atoms with Crippen molar-refractivity contribution in [2.45, 2.75) is 12.2 Å². The number of benzene rings is 1. The van der Waals surface area contributed by atoms with Gasteiger partial charge in [0, 0.05) is 29.1 Å². The van der Waals surface area contributed by atoms with Crippen LogP contribution in [-0.2, 0) is 5.75 Å². The largest absolute Gasteiger partial charge is 0.294 e. The predicted octanol–water partition coefficient (Wildman–Crippen LogP) is 2.78. The van der Waals surface area contributed by atoms with Gasteiger partial charge < -0.3 is 0 Å². The highest BCUT2D eigenvalue weighted by Gasteiger charge is 2.20. The summed E-state index contributed by atoms with van der Waals surface area (Å²) in [5.74, 6) is -0.785. The molecule has 0 amide bonds. The standard InChI is InChI=1S/C10H8F2OS/c11-8-2-1-6-7(10(8)12)5-14-4-3-9(6)13/h1-2H,3-5H2. The zero-order valence-corrected chi connectivity index (χ0v) is 8.16. The number of hydrogen-bond acceptors (Lipinski definition) is 2. The summed E-state index contributed by atoms with van der Waals surface area (Å²) in [4.78, 5) is 11.5. The summed E-state index contributed by atoms with van der Waals surface area (Å²) in [6.45, 7) is 0. The quantitative estimate of drug-likeness (QED) is 0.660. The molecule has 1 aliphatic heterocycles. The third kappa shape index (κ3) is 1.54. The Bertz CT molecular complexity index is 390. The summed E-state index contributed by atoms with van der Waals surface area (Å²) in [7, 11) is 0. The lowest BCUT2D eigenvalue weighted by atomic mass is 10.0. The molecule has 1 aromatic rings. The van der Waals surface area contributed by atoms with Crippen LogP contribution in [0.3, 0.4) is 0 Å². The molecule has 1 aromatic carbocycles. The Hall–Kier alpha value is -0.900. The molecule has 1 aliphatic rings. The molecule has 1 nitrogen and oxygen atoms in total. The van der Waals surface area contributed by atoms with Crippen LogP contribution in [0.25, 0.3) is 0 Å². The molecule has 0 bridgehead atoms. The fourth-order valence-corrected chi connectivity index (χ4v) is 2.43. The second-order valence-electron chi connectivity index (χ2n) is 3.11. The van der Waals surface area contributed by atoms with Crippen molar-refractivity contribution in [3.63, 3.8) is 0 Å². The van der Waals surface area contributed by atoms with E-state index in [1.165, 1.54) is 17.8 Å². The zero-order chi connectivity index (χ0) is 10.1. The third-order valence-corrected chi connectivity index (χ3v) is 3.20. The monoisotopic (exact) mass is 214 g/mol. The van der Waals surface area contributed by atoms with Gasteiger partial charge in [-0.2, -0.15) is 11.8 Å². The summed E-state index contributed by atoms with van der Waals surface area (Å²) in [6, 6.07) is 2.39. The van der Waals surface area contributed by atoms with Gasteiger partial charge in [-0.3, -0.25) is 4.79 Å². The fraction of sp³-hybridized carbons (Fsp3) is 0.300. The molecule has 0 atom stereocenters. The second-order valence-corrected chi connectivity index (χ2v) is 4.22. The molecular weight excluding hydrogens is 206 g/mol. The Morgan fingerprint density at radius 3 is 2.86 bits per heavy atom. The van der Waals surface area contributed by atoms with Crippen molar-refractivity contribution in [1.29, 1.82) is 0 Å². The van der Waals surface area contributed by atoms with Gasteiger partial charge in [-0.25, -0.2) is 8.78 Å². The number of hydrogen-bond donors (Lipinski definition) is 0. The van der Waals surface area contributed by atoms with E-state index in [1.807, 2.05) is 0 Å². The van der Waals surface area contributed by atoms with Crippen LogP contribution < -0.4 is 0 Å². The Labute approximate surface area is 84.5 Å². The number of ketones is 1. The van der Waals surface area contributed by atoms with Gasteiger partial charge in [-0.15, -0.1) is 0 Å². The number of Topliss-reactive ketones (excluding diaryl/α,β-unsaturated/α-hetero) is 1. The first-order valence-corrected chi connectivity index (χ1v) is 5.43. The Balaban J connectivity index is 2.58. The minimum atomic E-state index is -0.876. The molecule has 0 N–H and O–H groups in total. The highest BCUT2D eigenvalue weighted by Crippen LogP contribution is 2.27. The van der Waals surface area contributed by atoms with Crippen LogP contribution in [0, 0.1) is 11.6 Å². The SMILES string of the molecule is O=C1CCSCc2c1ccc(F)c2F. The molecular formula is C10H8F2OS. The number of rotatable bonds is 0. The molecule has 0 fully saturated rings. The number of fused-ring (bicyclic) bond motifs is 1. The molecule has 0 aromatic heterocycles. The summed E-state index contributed by atoms with van der Waals surface area (Å²) in [5, 5.41) is 0. The smallest absolute Gasteiger partial charge is 0.164 e. The van der Waals surface area contributed by atoms with Gasteiger partial charge in [0.15, 0.2) is 17.4 Å². The molecule has 0 radical (unpaired) electrons. The van der Waals surface area contributed by atoms with E-state index in [4.69, 9.17) is 0 Å². The Kier molecular flexibility index (Phi) is 2.54. The number of carbonyl (C=O) groups is 1. The van der Waals surface area contributed by atoms with E-state index in [0.29, 0.717) is 23.5 Å². The molecule has 0 saturated heterocycles. The minimum Gasteiger partial charge on any atom is -0.294 e. The highest BCUT2D eigenvalue weighted by atomic mass is 32.2. The molecule has 0 spiro atoms. The van der Waals surface area contributed by atoms with Crippen molar-refractivity contribution in [3.05, 3.63) is 34.9 Å². The van der Waals surface area contributed by atoms with Gasteiger partial charge in [-0.05, 0) is 12.1 Å². The minimum absolute atomic E-state index is 0.0936. The lowest BCUT2D eigenvalue weighted by molar-refractivity contribution is 0.0989. The lowest BCUT2D eigenvalue weighted by Crippen LogP contribution is -2.04. The van der Waals surface area contributed by atoms with Crippen molar-refractivity contribution in [2.24, 2.45) is 0 Å². The molecule has 4 heteroatoms. The first kappa shape index (κ1) is 9.65. The van der Waals surface area contributed by atoms with Crippen molar-refractivity contribution >= 4 is 17.5 Å². The van der Waals surface area contributed by atoms with Gasteiger partial charge in [0.05, 0.1) is 0 Å². The first-order chi connectivity index (χ1) is 6.70. The maximum Gasteiger partial charge on any atom is 0.164 e. The Morgan fingerprint density at radius 2 is 2.07 bits per heavy atom. The average molecular weight is 214 g/mol. The van der Waals surface area contributed by atoms with Crippen LogP contribution in [0.1, 0.15) is 22.3 Å². The van der Waals surface area contributed by atoms with E-state index < -0.39 is 11.6 Å². The summed E-state index contributed by atoms with van der Waals surface area (Å²) >= 11 is 1.46. The van der Waals surface area contributed by atoms with Crippen LogP contribution in [0.5, 0.6) is 0 Å². The Morgan fingerprint density at radius 1 is 1.29 bits per heavy atom. The van der Waals surface area contributed by atoms with Gasteiger partial charge in [0.2, 0.25) is 0 Å². The predicted molar refractivity (Wildman–Crippen MR) is 51.5 cm³/mol. The van der Waals surface area contributed by atoms with Gasteiger partial charge in [0.1, 0.15) is 0 Å². The molecule has 0 unspecified atom stereocenters. The van der Waals surface area contributed by atoms with Gasteiger partial charge in [0.25, 0.3) is 0 Å². The van der Waals surface area contributed by atoms with Crippen LogP contribution in [0.4, 0.5) is 8.78 Å². The van der Waals surface area contributed by atoms with E-state index >= 15 is 0 Å². The lowest BCUT2D eigenvalue weighted by Gasteiger charge is -2.05. The van der Waals surface area contributed by atoms with Crippen LogP contribution in [0.2, 0.25) is 0 Å². The molecule has 0 aliphatic carbocycles. The highest BCUT2D eigenvalue weighted by molar-refractivity contribution is 7.98. The van der Waals surface area contributed by atoms with E-state index in [1.54, 1.807) is 0 Å². The van der Waals surface area contributed by atoms with Crippen LogP contribution in [-0.4, -0.2) is 11.5 Å². The van der Waals surface area contributed by atoms with E-state index in [0.717, 1.165) is 6.07 Å². The van der Waals surface area contributed by atoms with Crippen LogP contribution in [0.15, 0.2) is 12.1 Å². The summed E-state index contributed by atoms with van der Waals surface area (Å²) < 4.78 is 26.2. The molecule has 1 heterocycles. The maximum absolute atomic E-state index is 13.3. The third-order valence-electron chi connectivity index (χ3n) is 2.22. The van der Waals surface area contributed by atoms with E-state index in [2.05, 4.69) is 0 Å². The normalized spacial score (nSPS) is 16.3.